The second-order valence-corrected chi connectivity index (χ2v) is 12.6. The zero-order chi connectivity index (χ0) is 34.6. The predicted molar refractivity (Wildman–Crippen MR) is 177 cm³/mol. The Kier molecular flexibility index (Phi) is 9.94. The SMILES string of the molecule is NC(=O)/N=C(/N1CCCCC1)N1CCN(C(=O)c2ccc(Nc3nc(NC4(c5ccc(Cl)cc5)CC4)nc(OCC(F)(F)F)n3)cc2)CC1. The number of guanidine groups is 1. The van der Waals surface area contributed by atoms with Crippen molar-refractivity contribution >= 4 is 47.1 Å². The number of alkyl halides is 3. The Balaban J connectivity index is 1.11. The molecule has 3 fully saturated rings. The molecule has 2 aliphatic heterocycles. The summed E-state index contributed by atoms with van der Waals surface area (Å²) in [5.41, 5.74) is 6.78. The molecule has 0 bridgehead atoms. The van der Waals surface area contributed by atoms with Crippen LogP contribution >= 0.6 is 11.6 Å². The minimum absolute atomic E-state index is 0.0392. The van der Waals surface area contributed by atoms with E-state index in [1.54, 1.807) is 41.3 Å². The average Bonchev–Trinajstić information content (AvgIpc) is 3.87. The Morgan fingerprint density at radius 3 is 2.08 bits per heavy atom. The number of carbonyl (C=O) groups is 2. The quantitative estimate of drug-likeness (QED) is 0.216. The monoisotopic (exact) mass is 700 g/mol. The van der Waals surface area contributed by atoms with Crippen LogP contribution in [-0.4, -0.2) is 99.6 Å². The summed E-state index contributed by atoms with van der Waals surface area (Å²) in [6, 6.07) is 12.6. The number of ether oxygens (including phenoxy) is 1. The number of aromatic nitrogens is 3. The highest BCUT2D eigenvalue weighted by molar-refractivity contribution is 6.30. The van der Waals surface area contributed by atoms with Crippen LogP contribution < -0.4 is 21.1 Å². The second kappa shape index (κ2) is 14.3. The van der Waals surface area contributed by atoms with Gasteiger partial charge in [0.2, 0.25) is 17.9 Å². The number of aliphatic imine (C=N–C) groups is 1. The molecule has 0 radical (unpaired) electrons. The molecule has 4 N–H and O–H groups in total. The van der Waals surface area contributed by atoms with E-state index in [4.69, 9.17) is 22.1 Å². The summed E-state index contributed by atoms with van der Waals surface area (Å²) in [7, 11) is 0. The molecular weight excluding hydrogens is 665 g/mol. The maximum absolute atomic E-state index is 13.4. The van der Waals surface area contributed by atoms with E-state index in [1.807, 2.05) is 17.0 Å². The molecule has 0 unspecified atom stereocenters. The van der Waals surface area contributed by atoms with Gasteiger partial charge in [-0.25, -0.2) is 4.79 Å². The van der Waals surface area contributed by atoms with E-state index in [-0.39, 0.29) is 17.8 Å². The standard InChI is InChI=1S/C32H36ClF3N10O3/c33-23-8-6-22(7-9-23)31(12-13-31)43-28-40-27(41-29(42-28)49-20-32(34,35)36)38-24-10-4-21(5-11-24)25(47)44-16-18-46(19-17-44)30(39-26(37)48)45-14-2-1-3-15-45/h4-11H,1-3,12-20H2,(H2,37,48)(H2,38,40,41,42,43)/b39-30-. The van der Waals surface area contributed by atoms with Crippen LogP contribution in [0.3, 0.4) is 0 Å². The summed E-state index contributed by atoms with van der Waals surface area (Å²) in [4.78, 5) is 47.4. The Labute approximate surface area is 285 Å². The van der Waals surface area contributed by atoms with E-state index in [2.05, 4.69) is 35.5 Å². The fourth-order valence-electron chi connectivity index (χ4n) is 5.92. The van der Waals surface area contributed by atoms with Crippen molar-refractivity contribution in [2.45, 2.75) is 43.8 Å². The topological polar surface area (TPSA) is 154 Å². The largest absolute Gasteiger partial charge is 0.454 e. The molecule has 1 aliphatic carbocycles. The van der Waals surface area contributed by atoms with E-state index in [9.17, 15) is 22.8 Å². The third-order valence-corrected chi connectivity index (χ3v) is 8.82. The van der Waals surface area contributed by atoms with Gasteiger partial charge in [-0.1, -0.05) is 23.7 Å². The first-order chi connectivity index (χ1) is 23.5. The minimum Gasteiger partial charge on any atom is -0.454 e. The second-order valence-electron chi connectivity index (χ2n) is 12.2. The first-order valence-electron chi connectivity index (χ1n) is 16.0. The third kappa shape index (κ3) is 8.79. The molecule has 3 aromatic rings. The summed E-state index contributed by atoms with van der Waals surface area (Å²) in [6.07, 6.45) is 0.0965. The Bertz CT molecular complexity index is 1670. The van der Waals surface area contributed by atoms with Crippen LogP contribution in [-0.2, 0) is 5.54 Å². The number of hydrogen-bond donors (Lipinski definition) is 3. The zero-order valence-electron chi connectivity index (χ0n) is 26.5. The van der Waals surface area contributed by atoms with E-state index < -0.39 is 30.4 Å². The van der Waals surface area contributed by atoms with Gasteiger partial charge in [0.25, 0.3) is 5.91 Å². The smallest absolute Gasteiger partial charge is 0.422 e. The Morgan fingerprint density at radius 2 is 1.47 bits per heavy atom. The highest BCUT2D eigenvalue weighted by Crippen LogP contribution is 2.48. The number of likely N-dealkylation sites (tertiary alicyclic amines) is 1. The highest BCUT2D eigenvalue weighted by Gasteiger charge is 2.45. The normalized spacial score (nSPS) is 17.8. The first-order valence-corrected chi connectivity index (χ1v) is 16.4. The molecule has 3 heterocycles. The number of primary amides is 1. The first kappa shape index (κ1) is 34.0. The van der Waals surface area contributed by atoms with E-state index in [0.717, 1.165) is 50.8 Å². The van der Waals surface area contributed by atoms with Crippen molar-refractivity contribution in [1.82, 2.24) is 29.7 Å². The fraction of sp³-hybridized carbons (Fsp3) is 0.438. The van der Waals surface area contributed by atoms with Crippen LogP contribution in [0.2, 0.25) is 5.02 Å². The molecule has 1 saturated carbocycles. The van der Waals surface area contributed by atoms with Crippen LogP contribution in [0.1, 0.15) is 48.0 Å². The summed E-state index contributed by atoms with van der Waals surface area (Å²) in [5.74, 6) is 0.399. The molecule has 49 heavy (non-hydrogen) atoms. The average molecular weight is 701 g/mol. The number of benzene rings is 2. The Morgan fingerprint density at radius 1 is 0.857 bits per heavy atom. The highest BCUT2D eigenvalue weighted by atomic mass is 35.5. The number of carbonyl (C=O) groups excluding carboxylic acids is 2. The molecule has 0 spiro atoms. The maximum Gasteiger partial charge on any atom is 0.422 e. The van der Waals surface area contributed by atoms with E-state index in [1.165, 1.54) is 0 Å². The summed E-state index contributed by atoms with van der Waals surface area (Å²) >= 11 is 6.04. The minimum atomic E-state index is -4.59. The number of piperidine rings is 1. The van der Waals surface area contributed by atoms with E-state index >= 15 is 0 Å². The molecule has 1 aromatic heterocycles. The molecule has 3 amide bonds. The predicted octanol–water partition coefficient (Wildman–Crippen LogP) is 4.99. The fourth-order valence-corrected chi connectivity index (χ4v) is 6.05. The molecule has 6 rings (SSSR count). The van der Waals surface area contributed by atoms with Crippen LogP contribution in [0.25, 0.3) is 0 Å². The Hall–Kier alpha value is -4.86. The lowest BCUT2D eigenvalue weighted by atomic mass is 10.1. The van der Waals surface area contributed by atoms with E-state index in [0.29, 0.717) is 48.4 Å². The van der Waals surface area contributed by atoms with Crippen LogP contribution in [0.4, 0.5) is 35.5 Å². The number of urea groups is 1. The van der Waals surface area contributed by atoms with Gasteiger partial charge in [-0.05, 0) is 74.1 Å². The number of nitrogens with two attached hydrogens (primary N) is 1. The van der Waals surface area contributed by atoms with Crippen LogP contribution in [0.15, 0.2) is 53.5 Å². The van der Waals surface area contributed by atoms with Gasteiger partial charge in [-0.15, -0.1) is 0 Å². The number of nitrogens with zero attached hydrogens (tertiary/aromatic N) is 7. The van der Waals surface area contributed by atoms with Gasteiger partial charge >= 0.3 is 18.2 Å². The number of piperazine rings is 1. The third-order valence-electron chi connectivity index (χ3n) is 8.56. The van der Waals surface area contributed by atoms with Crippen LogP contribution in [0, 0.1) is 0 Å². The van der Waals surface area contributed by atoms with Gasteiger partial charge in [0.1, 0.15) is 0 Å². The van der Waals surface area contributed by atoms with Crippen LogP contribution in [0.5, 0.6) is 6.01 Å². The van der Waals surface area contributed by atoms with Crippen molar-refractivity contribution in [2.24, 2.45) is 10.7 Å². The molecule has 13 nitrogen and oxygen atoms in total. The summed E-state index contributed by atoms with van der Waals surface area (Å²) in [6.45, 7) is 1.91. The van der Waals surface area contributed by atoms with Gasteiger partial charge in [-0.2, -0.15) is 33.1 Å². The molecular formula is C32H36ClF3N10O3. The number of anilines is 3. The molecule has 17 heteroatoms. The van der Waals surface area contributed by atoms with Crippen molar-refractivity contribution in [3.8, 4) is 6.01 Å². The van der Waals surface area contributed by atoms with Crippen molar-refractivity contribution in [2.75, 3.05) is 56.5 Å². The lowest BCUT2D eigenvalue weighted by Gasteiger charge is -2.41. The number of nitrogens with one attached hydrogen (secondary N) is 2. The van der Waals surface area contributed by atoms with Gasteiger partial charge in [0, 0.05) is 55.5 Å². The molecule has 0 atom stereocenters. The lowest BCUT2D eigenvalue weighted by Crippen LogP contribution is -2.55. The van der Waals surface area contributed by atoms with Crippen molar-refractivity contribution in [3.05, 3.63) is 64.7 Å². The molecule has 2 saturated heterocycles. The van der Waals surface area contributed by atoms with Crippen molar-refractivity contribution < 1.29 is 27.5 Å². The molecule has 260 valence electrons. The lowest BCUT2D eigenvalue weighted by molar-refractivity contribution is -0.154. The maximum atomic E-state index is 13.4. The number of amides is 3. The van der Waals surface area contributed by atoms with Gasteiger partial charge in [0.15, 0.2) is 6.61 Å². The van der Waals surface area contributed by atoms with Gasteiger partial charge < -0.3 is 35.8 Å². The summed E-state index contributed by atoms with van der Waals surface area (Å²) in [5, 5.41) is 6.79. The number of rotatable bonds is 8. The molecule has 3 aliphatic rings. The molecule has 2 aromatic carbocycles. The number of halogens is 4. The van der Waals surface area contributed by atoms with Gasteiger partial charge in [-0.3, -0.25) is 4.79 Å². The van der Waals surface area contributed by atoms with Crippen molar-refractivity contribution in [3.63, 3.8) is 0 Å². The van der Waals surface area contributed by atoms with Gasteiger partial charge in [0.05, 0.1) is 5.54 Å². The zero-order valence-corrected chi connectivity index (χ0v) is 27.3. The summed E-state index contributed by atoms with van der Waals surface area (Å²) < 4.78 is 43.7. The van der Waals surface area contributed by atoms with Crippen molar-refractivity contribution in [1.29, 1.82) is 0 Å². The number of hydrogen-bond acceptors (Lipinski definition) is 8.